The Morgan fingerprint density at radius 1 is 0.312 bits per heavy atom. The van der Waals surface area contributed by atoms with Crippen LogP contribution in [0.1, 0.15) is 68.2 Å². The van der Waals surface area contributed by atoms with E-state index in [-0.39, 0.29) is 23.7 Å². The van der Waals surface area contributed by atoms with E-state index in [0.29, 0.717) is 0 Å². The lowest BCUT2D eigenvalue weighted by atomic mass is 9.53. The van der Waals surface area contributed by atoms with E-state index in [0.717, 1.165) is 22.7 Å². The maximum atomic E-state index is 4.36. The number of nitrogens with zero attached hydrogens (tertiary/aromatic N) is 8. The van der Waals surface area contributed by atoms with Crippen molar-refractivity contribution in [2.75, 3.05) is 0 Å². The van der Waals surface area contributed by atoms with Crippen LogP contribution < -0.4 is 0 Å². The molecule has 0 aliphatic heterocycles. The summed E-state index contributed by atoms with van der Waals surface area (Å²) in [5.74, 6) is 0.398. The Hall–Kier alpha value is -6.28. The highest BCUT2D eigenvalue weighted by Crippen LogP contribution is 2.64. The lowest BCUT2D eigenvalue weighted by Crippen LogP contribution is -2.36. The summed E-state index contributed by atoms with van der Waals surface area (Å²) in [4.78, 5) is 17.5. The van der Waals surface area contributed by atoms with E-state index in [2.05, 4.69) is 111 Å². The van der Waals surface area contributed by atoms with Gasteiger partial charge in [-0.2, -0.15) is 0 Å². The first kappa shape index (κ1) is 25.9. The molecule has 4 heterocycles. The molecule has 4 atom stereocenters. The van der Waals surface area contributed by atoms with Crippen LogP contribution in [0.3, 0.4) is 0 Å². The van der Waals surface area contributed by atoms with Crippen molar-refractivity contribution in [3.8, 4) is 22.7 Å². The van der Waals surface area contributed by atoms with Crippen molar-refractivity contribution in [2.24, 2.45) is 0 Å². The van der Waals surface area contributed by atoms with Crippen molar-refractivity contribution in [1.82, 2.24) is 38.2 Å². The maximum Gasteiger partial charge on any atom is 0.0991 e. The molecule has 48 heavy (non-hydrogen) atoms. The molecule has 4 aromatic carbocycles. The molecular formula is C40H28N8. The first-order valence-corrected chi connectivity index (χ1v) is 16.3. The Bertz CT molecular complexity index is 2120. The molecule has 8 aromatic rings. The second-order valence-corrected chi connectivity index (χ2v) is 13.0. The average molecular weight is 621 g/mol. The van der Waals surface area contributed by atoms with Crippen LogP contribution >= 0.6 is 0 Å². The van der Waals surface area contributed by atoms with Gasteiger partial charge in [0.25, 0.3) is 0 Å². The molecule has 228 valence electrons. The van der Waals surface area contributed by atoms with Gasteiger partial charge in [0.05, 0.1) is 25.3 Å². The van der Waals surface area contributed by atoms with Crippen LogP contribution in [0, 0.1) is 0 Å². The molecule has 6 aliphatic rings. The van der Waals surface area contributed by atoms with Crippen LogP contribution in [0.2, 0.25) is 0 Å². The molecule has 8 nitrogen and oxygen atoms in total. The summed E-state index contributed by atoms with van der Waals surface area (Å²) < 4.78 is 8.46. The third-order valence-electron chi connectivity index (χ3n) is 10.8. The van der Waals surface area contributed by atoms with Gasteiger partial charge in [0.2, 0.25) is 0 Å². The molecule has 0 N–H and O–H groups in total. The minimum absolute atomic E-state index is 0.0995. The normalized spacial score (nSPS) is 19.7. The smallest absolute Gasteiger partial charge is 0.0991 e. The van der Waals surface area contributed by atoms with E-state index in [1.807, 2.05) is 74.9 Å². The molecule has 0 radical (unpaired) electrons. The first-order chi connectivity index (χ1) is 23.8. The molecule has 0 unspecified atom stereocenters. The van der Waals surface area contributed by atoms with Crippen molar-refractivity contribution in [1.29, 1.82) is 0 Å². The second-order valence-electron chi connectivity index (χ2n) is 13.0. The Kier molecular flexibility index (Phi) is 5.18. The molecule has 6 aliphatic carbocycles. The van der Waals surface area contributed by atoms with Gasteiger partial charge in [-0.1, -0.05) is 24.3 Å². The van der Waals surface area contributed by atoms with E-state index in [9.17, 15) is 0 Å². The maximum absolute atomic E-state index is 4.36. The number of hydrogen-bond donors (Lipinski definition) is 0. The van der Waals surface area contributed by atoms with Gasteiger partial charge in [0.1, 0.15) is 0 Å². The standard InChI is InChI=1S/C40H28N8/c1-5-29-33(17-25(1)45-13-9-41-21-45)38-30-6-2-26(46-14-10-42-22-46)18-34(30)37(29)39-31-7-3-28(48-16-12-44-24-48)20-36(31)40(38)32-8-4-27(19-35(32)39)47-15-11-43-23-47/h1-24,37-40H/t37-,38-,39+,40+. The third kappa shape index (κ3) is 3.54. The zero-order valence-electron chi connectivity index (χ0n) is 25.7. The van der Waals surface area contributed by atoms with E-state index in [1.165, 1.54) is 44.5 Å². The molecule has 0 amide bonds. The topological polar surface area (TPSA) is 71.3 Å². The van der Waals surface area contributed by atoms with Gasteiger partial charge < -0.3 is 18.3 Å². The zero-order valence-corrected chi connectivity index (χ0v) is 25.7. The van der Waals surface area contributed by atoms with Crippen LogP contribution in [0.25, 0.3) is 22.7 Å². The lowest BCUT2D eigenvalue weighted by Gasteiger charge is -2.50. The first-order valence-electron chi connectivity index (χ1n) is 16.3. The summed E-state index contributed by atoms with van der Waals surface area (Å²) in [6.45, 7) is 0. The molecule has 0 spiro atoms. The molecule has 0 saturated heterocycles. The highest BCUT2D eigenvalue weighted by Gasteiger charge is 2.50. The fourth-order valence-electron chi connectivity index (χ4n) is 8.86. The van der Waals surface area contributed by atoms with E-state index in [4.69, 9.17) is 0 Å². The van der Waals surface area contributed by atoms with Gasteiger partial charge in [-0.05, 0) is 93.0 Å². The lowest BCUT2D eigenvalue weighted by molar-refractivity contribution is 0.528. The number of hydrogen-bond acceptors (Lipinski definition) is 4. The van der Waals surface area contributed by atoms with Crippen molar-refractivity contribution >= 4 is 0 Å². The van der Waals surface area contributed by atoms with E-state index < -0.39 is 0 Å². The molecule has 8 heteroatoms. The molecule has 0 fully saturated rings. The van der Waals surface area contributed by atoms with Crippen LogP contribution in [0.4, 0.5) is 0 Å². The number of benzene rings is 4. The summed E-state index contributed by atoms with van der Waals surface area (Å²) in [7, 11) is 0. The van der Waals surface area contributed by atoms with Gasteiger partial charge in [-0.25, -0.2) is 19.9 Å². The fourth-order valence-corrected chi connectivity index (χ4v) is 8.86. The molecule has 14 rings (SSSR count). The summed E-state index contributed by atoms with van der Waals surface area (Å²) in [6.07, 6.45) is 23.1. The monoisotopic (exact) mass is 620 g/mol. The predicted octanol–water partition coefficient (Wildman–Crippen LogP) is 7.30. The number of rotatable bonds is 4. The average Bonchev–Trinajstić information content (AvgIpc) is 3.97. The highest BCUT2D eigenvalue weighted by atomic mass is 15.0. The third-order valence-corrected chi connectivity index (χ3v) is 10.8. The minimum Gasteiger partial charge on any atom is -0.306 e. The Morgan fingerprint density at radius 3 is 0.771 bits per heavy atom. The van der Waals surface area contributed by atoms with Gasteiger partial charge in [-0.3, -0.25) is 0 Å². The molecule has 0 saturated carbocycles. The second kappa shape index (κ2) is 9.62. The van der Waals surface area contributed by atoms with Crippen molar-refractivity contribution in [3.63, 3.8) is 0 Å². The molecular weight excluding hydrogens is 592 g/mol. The Labute approximate surface area is 276 Å². The van der Waals surface area contributed by atoms with Crippen LogP contribution in [0.15, 0.2) is 148 Å². The number of imidazole rings is 4. The Balaban J connectivity index is 1.23. The predicted molar refractivity (Wildman–Crippen MR) is 182 cm³/mol. The zero-order chi connectivity index (χ0) is 31.3. The van der Waals surface area contributed by atoms with Gasteiger partial charge >= 0.3 is 0 Å². The minimum atomic E-state index is 0.0995. The fraction of sp³-hybridized carbons (Fsp3) is 0.100. The van der Waals surface area contributed by atoms with Gasteiger partial charge in [-0.15, -0.1) is 0 Å². The molecule has 4 bridgehead atoms. The summed E-state index contributed by atoms with van der Waals surface area (Å²) in [5.41, 5.74) is 15.7. The van der Waals surface area contributed by atoms with Gasteiger partial charge in [0, 0.05) is 96.0 Å². The summed E-state index contributed by atoms with van der Waals surface area (Å²) in [5, 5.41) is 0. The summed E-state index contributed by atoms with van der Waals surface area (Å²) in [6, 6.07) is 28.2. The van der Waals surface area contributed by atoms with Crippen molar-refractivity contribution in [2.45, 2.75) is 23.7 Å². The van der Waals surface area contributed by atoms with E-state index >= 15 is 0 Å². The van der Waals surface area contributed by atoms with Crippen LogP contribution in [0.5, 0.6) is 0 Å². The largest absolute Gasteiger partial charge is 0.306 e. The van der Waals surface area contributed by atoms with Crippen molar-refractivity contribution in [3.05, 3.63) is 192 Å². The SMILES string of the molecule is c1cn(-c2ccc3c(c2)[C@H]2c4ccc(-n5ccnc5)cc4[C@@H]3[C@H]3c4ccc(-n5ccnc5)cc4[C@@H]2c2ccc(-n4ccnc4)cc23)cn1. The Morgan fingerprint density at radius 2 is 0.562 bits per heavy atom. The van der Waals surface area contributed by atoms with E-state index in [1.54, 1.807) is 0 Å². The van der Waals surface area contributed by atoms with Gasteiger partial charge in [0.15, 0.2) is 0 Å². The summed E-state index contributed by atoms with van der Waals surface area (Å²) >= 11 is 0. The van der Waals surface area contributed by atoms with Crippen LogP contribution in [-0.4, -0.2) is 38.2 Å². The van der Waals surface area contributed by atoms with Crippen molar-refractivity contribution < 1.29 is 0 Å². The quantitative estimate of drug-likeness (QED) is 0.207. The highest BCUT2D eigenvalue weighted by molar-refractivity contribution is 5.71. The number of aromatic nitrogens is 8. The molecule has 4 aromatic heterocycles. The van der Waals surface area contributed by atoms with Crippen LogP contribution in [-0.2, 0) is 0 Å².